The Kier molecular flexibility index (Phi) is 19.9. The summed E-state index contributed by atoms with van der Waals surface area (Å²) in [5, 5.41) is 55.5. The van der Waals surface area contributed by atoms with E-state index < -0.39 is 140 Å². The summed E-state index contributed by atoms with van der Waals surface area (Å²) in [5.74, 6) is -4.14. The van der Waals surface area contributed by atoms with Crippen molar-refractivity contribution in [2.75, 3.05) is 34.9 Å². The maximum atomic E-state index is 13.7. The lowest BCUT2D eigenvalue weighted by Crippen LogP contribution is -2.65. The minimum Gasteiger partial charge on any atom is -0.462 e. The van der Waals surface area contributed by atoms with Gasteiger partial charge in [0, 0.05) is 44.3 Å². The number of nitrogens with zero attached hydrogens (tertiary/aromatic N) is 1. The average Bonchev–Trinajstić information content (AvgIpc) is 3.22. The highest BCUT2D eigenvalue weighted by atomic mass is 16.7. The Bertz CT molecular complexity index is 1540. The first-order valence-corrected chi connectivity index (χ1v) is 22.2. The van der Waals surface area contributed by atoms with Gasteiger partial charge in [0.15, 0.2) is 24.7 Å². The van der Waals surface area contributed by atoms with Crippen LogP contribution in [0.2, 0.25) is 0 Å². The molecule has 4 aliphatic rings. The predicted molar refractivity (Wildman–Crippen MR) is 226 cm³/mol. The van der Waals surface area contributed by atoms with Gasteiger partial charge in [0.25, 0.3) is 0 Å². The molecule has 0 unspecified atom stereocenters. The third-order valence-corrected chi connectivity index (χ3v) is 13.1. The topological polar surface area (TPSA) is 239 Å². The number of aliphatic hydroxyl groups is 5. The zero-order chi connectivity index (χ0) is 47.1. The number of esters is 1. The van der Waals surface area contributed by atoms with Crippen LogP contribution in [0.25, 0.3) is 0 Å². The molecule has 0 aromatic carbocycles. The lowest BCUT2D eigenvalue weighted by molar-refractivity contribution is -0.341. The molecule has 4 rings (SSSR count). The van der Waals surface area contributed by atoms with Crippen molar-refractivity contribution in [3.8, 4) is 0 Å². The number of ether oxygens (including phenoxy) is 9. The number of rotatable bonds is 12. The summed E-state index contributed by atoms with van der Waals surface area (Å²) in [6, 6.07) is -0.767. The van der Waals surface area contributed by atoms with Crippen molar-refractivity contribution in [3.05, 3.63) is 23.8 Å². The Morgan fingerprint density at radius 2 is 1.51 bits per heavy atom. The van der Waals surface area contributed by atoms with Crippen LogP contribution in [0.15, 0.2) is 23.8 Å². The van der Waals surface area contributed by atoms with Crippen LogP contribution in [0.4, 0.5) is 0 Å². The molecule has 0 aromatic rings. The largest absolute Gasteiger partial charge is 0.462 e. The van der Waals surface area contributed by atoms with Gasteiger partial charge >= 0.3 is 5.97 Å². The summed E-state index contributed by atoms with van der Waals surface area (Å²) in [4.78, 5) is 42.0. The van der Waals surface area contributed by atoms with Gasteiger partial charge in [0.2, 0.25) is 0 Å². The molecule has 362 valence electrons. The van der Waals surface area contributed by atoms with Crippen LogP contribution < -0.4 is 0 Å². The first-order valence-electron chi connectivity index (χ1n) is 22.2. The minimum absolute atomic E-state index is 0.0117. The summed E-state index contributed by atoms with van der Waals surface area (Å²) in [5.41, 5.74) is -0.826. The molecule has 0 spiro atoms. The number of likely N-dealkylation sites (N-methyl/N-ethyl adjacent to an activating group) is 1. The van der Waals surface area contributed by atoms with Crippen LogP contribution in [0, 0.1) is 23.7 Å². The molecule has 18 heteroatoms. The number of carbonyl (C=O) groups excluding carboxylic acids is 3. The maximum absolute atomic E-state index is 13.7. The quantitative estimate of drug-likeness (QED) is 0.138. The number of aliphatic hydroxyl groups excluding tert-OH is 4. The molecule has 18 nitrogen and oxygen atoms in total. The first kappa shape index (κ1) is 53.3. The second kappa shape index (κ2) is 23.5. The second-order valence-corrected chi connectivity index (χ2v) is 18.4. The molecule has 21 atom stereocenters. The maximum Gasteiger partial charge on any atom is 0.308 e. The number of ketones is 1. The number of hydrogen-bond donors (Lipinski definition) is 5. The van der Waals surface area contributed by atoms with Crippen molar-refractivity contribution < 1.29 is 82.5 Å². The fourth-order valence-corrected chi connectivity index (χ4v) is 9.19. The summed E-state index contributed by atoms with van der Waals surface area (Å²) in [6.07, 6.45) is -9.08. The van der Waals surface area contributed by atoms with Gasteiger partial charge in [-0.15, -0.1) is 0 Å². The molecular weight excluding hydrogens is 826 g/mol. The Balaban J connectivity index is 1.60. The number of carbonyl (C=O) groups is 3. The number of methoxy groups -OCH3 is 2. The first-order chi connectivity index (χ1) is 29.6. The fraction of sp³-hybridized carbons (Fsp3) is 0.844. The molecule has 0 aromatic heterocycles. The summed E-state index contributed by atoms with van der Waals surface area (Å²) >= 11 is 0. The van der Waals surface area contributed by atoms with E-state index in [-0.39, 0.29) is 25.2 Å². The third-order valence-electron chi connectivity index (χ3n) is 13.1. The molecule has 0 amide bonds. The molecule has 5 N–H and O–H groups in total. The molecule has 4 heterocycles. The summed E-state index contributed by atoms with van der Waals surface area (Å²) < 4.78 is 54.4. The predicted octanol–water partition coefficient (Wildman–Crippen LogP) is 1.44. The summed E-state index contributed by atoms with van der Waals surface area (Å²) in [7, 11) is 6.40. The Morgan fingerprint density at radius 1 is 0.857 bits per heavy atom. The lowest BCUT2D eigenvalue weighted by Gasteiger charge is -2.50. The van der Waals surface area contributed by atoms with Crippen LogP contribution in [0.1, 0.15) is 81.1 Å². The van der Waals surface area contributed by atoms with Gasteiger partial charge in [-0.3, -0.25) is 9.59 Å². The number of aldehydes is 1. The molecule has 0 saturated carbocycles. The van der Waals surface area contributed by atoms with Gasteiger partial charge < -0.3 is 77.9 Å². The van der Waals surface area contributed by atoms with Gasteiger partial charge in [-0.1, -0.05) is 38.5 Å². The highest BCUT2D eigenvalue weighted by Gasteiger charge is 2.52. The average molecular weight is 902 g/mol. The molecular formula is C45H75NO17. The zero-order valence-corrected chi connectivity index (χ0v) is 39.0. The van der Waals surface area contributed by atoms with Crippen molar-refractivity contribution in [1.29, 1.82) is 0 Å². The normalized spacial score (nSPS) is 46.5. The third kappa shape index (κ3) is 13.2. The van der Waals surface area contributed by atoms with E-state index in [4.69, 9.17) is 42.6 Å². The fourth-order valence-electron chi connectivity index (χ4n) is 9.19. The van der Waals surface area contributed by atoms with Crippen LogP contribution >= 0.6 is 0 Å². The lowest BCUT2D eigenvalue weighted by atomic mass is 9.81. The van der Waals surface area contributed by atoms with Crippen molar-refractivity contribution >= 4 is 18.0 Å². The zero-order valence-electron chi connectivity index (χ0n) is 39.0. The van der Waals surface area contributed by atoms with Crippen molar-refractivity contribution in [2.45, 2.75) is 185 Å². The van der Waals surface area contributed by atoms with E-state index in [1.807, 2.05) is 13.0 Å². The Hall–Kier alpha value is -2.27. The second-order valence-electron chi connectivity index (χ2n) is 18.4. The summed E-state index contributed by atoms with van der Waals surface area (Å²) in [6.45, 7) is 13.5. The number of hydrogen-bond acceptors (Lipinski definition) is 18. The number of allylic oxidation sites excluding steroid dienone is 3. The van der Waals surface area contributed by atoms with E-state index in [0.29, 0.717) is 18.3 Å². The van der Waals surface area contributed by atoms with E-state index >= 15 is 0 Å². The molecule has 3 fully saturated rings. The Labute approximate surface area is 372 Å². The van der Waals surface area contributed by atoms with Crippen molar-refractivity contribution in [1.82, 2.24) is 4.90 Å². The van der Waals surface area contributed by atoms with Crippen molar-refractivity contribution in [3.63, 3.8) is 0 Å². The van der Waals surface area contributed by atoms with Crippen molar-refractivity contribution in [2.24, 2.45) is 23.7 Å². The molecule has 4 aliphatic heterocycles. The molecule has 0 aliphatic carbocycles. The van der Waals surface area contributed by atoms with E-state index in [0.717, 1.165) is 0 Å². The Morgan fingerprint density at radius 3 is 2.10 bits per heavy atom. The van der Waals surface area contributed by atoms with Gasteiger partial charge in [0.1, 0.15) is 49.0 Å². The van der Waals surface area contributed by atoms with Crippen LogP contribution in [-0.2, 0) is 57.0 Å². The van der Waals surface area contributed by atoms with E-state index in [2.05, 4.69) is 0 Å². The molecule has 0 radical (unpaired) electrons. The van der Waals surface area contributed by atoms with E-state index in [9.17, 15) is 39.9 Å². The highest BCUT2D eigenvalue weighted by Crippen LogP contribution is 2.37. The molecule has 0 bridgehead atoms. The minimum atomic E-state index is -1.49. The number of cyclic esters (lactones) is 1. The van der Waals surface area contributed by atoms with Gasteiger partial charge in [-0.05, 0) is 67.6 Å². The van der Waals surface area contributed by atoms with E-state index in [1.54, 1.807) is 66.6 Å². The monoisotopic (exact) mass is 902 g/mol. The van der Waals surface area contributed by atoms with Crippen LogP contribution in [0.3, 0.4) is 0 Å². The van der Waals surface area contributed by atoms with Gasteiger partial charge in [-0.25, -0.2) is 0 Å². The standard InChI is InChI=1S/C45H75NO17/c1-13-32-29(21-57-44-41(56-12)40(55-11)36(51)25(5)59-44)16-22(2)14-15-30(48)23(3)17-28(20-47)38(24(4)31(49)18-33(50)61-32)63-43-37(52)35(46(9)10)39(26(6)60-43)62-34-19-45(8,54)42(53)27(7)58-34/h14-16,20,23-29,31-32,34-44,49,51-54H,13,17-19,21H2,1-12H3/b15-14+,22-16+/t23-,24+,25-,26-,27+,28-,29-,31-,32-,34+,35-,36-,37-,38-,39-,40-,41-,42+,43+,44-,45-/m1/s1. The van der Waals surface area contributed by atoms with Gasteiger partial charge in [-0.2, -0.15) is 0 Å². The molecule has 63 heavy (non-hydrogen) atoms. The van der Waals surface area contributed by atoms with Crippen LogP contribution in [-0.4, -0.2) is 187 Å². The highest BCUT2D eigenvalue weighted by molar-refractivity contribution is 5.92. The molecule has 3 saturated heterocycles. The van der Waals surface area contributed by atoms with E-state index in [1.165, 1.54) is 27.2 Å². The van der Waals surface area contributed by atoms with Gasteiger partial charge in [0.05, 0.1) is 55.2 Å². The SMILES string of the molecule is CC[C@H]1OC(=O)C[C@@H](O)[C@H](C)[C@@H](O[C@@H]2O[C@H](C)[C@@H](O[C@H]3C[C@@](C)(O)[C@@H](O)[C@H](C)O3)[C@H](N(C)C)[C@H]2O)[C@@H](C=O)C[C@@H](C)C(=O)/C=C/C(C)=C/[C@@H]1CO[C@@H]1O[C@H](C)[C@@H](O)[C@@H](OC)[C@H]1OC. The van der Waals surface area contributed by atoms with Crippen LogP contribution in [0.5, 0.6) is 0 Å². The smallest absolute Gasteiger partial charge is 0.308 e.